The molecule has 0 spiro atoms. The lowest BCUT2D eigenvalue weighted by molar-refractivity contribution is 0.626. The molecule has 0 saturated heterocycles. The van der Waals surface area contributed by atoms with E-state index in [1.54, 1.807) is 12.1 Å². The highest BCUT2D eigenvalue weighted by Crippen LogP contribution is 2.23. The van der Waals surface area contributed by atoms with Gasteiger partial charge in [0.05, 0.1) is 10.9 Å². The number of benzene rings is 1. The number of aromatic nitrogens is 3. The Bertz CT molecular complexity index is 537. The number of hydrogen-bond acceptors (Lipinski definition) is 2. The van der Waals surface area contributed by atoms with Gasteiger partial charge in [-0.15, -0.1) is 10.2 Å². The Morgan fingerprint density at radius 3 is 2.76 bits per heavy atom. The maximum atomic E-state index is 13.8. The first-order chi connectivity index (χ1) is 8.17. The van der Waals surface area contributed by atoms with Crippen molar-refractivity contribution in [3.8, 4) is 11.4 Å². The molecule has 0 aliphatic heterocycles. The van der Waals surface area contributed by atoms with E-state index in [9.17, 15) is 4.39 Å². The van der Waals surface area contributed by atoms with Gasteiger partial charge in [-0.2, -0.15) is 0 Å². The highest BCUT2D eigenvalue weighted by atomic mass is 79.9. The third-order valence-corrected chi connectivity index (χ3v) is 3.13. The van der Waals surface area contributed by atoms with Gasteiger partial charge in [-0.25, -0.2) is 4.39 Å². The average molecular weight is 298 g/mol. The van der Waals surface area contributed by atoms with Crippen LogP contribution in [0.15, 0.2) is 18.2 Å². The van der Waals surface area contributed by atoms with Crippen LogP contribution < -0.4 is 0 Å². The number of halogens is 2. The minimum atomic E-state index is -0.265. The number of hydrogen-bond donors (Lipinski definition) is 0. The van der Waals surface area contributed by atoms with Crippen molar-refractivity contribution in [3.63, 3.8) is 0 Å². The van der Waals surface area contributed by atoms with E-state index in [1.165, 1.54) is 6.07 Å². The van der Waals surface area contributed by atoms with E-state index in [0.717, 1.165) is 17.9 Å². The third-order valence-electron chi connectivity index (χ3n) is 2.63. The molecule has 0 unspecified atom stereocenters. The summed E-state index contributed by atoms with van der Waals surface area (Å²) >= 11 is 3.35. The Labute approximate surface area is 108 Å². The summed E-state index contributed by atoms with van der Waals surface area (Å²) in [5, 5.41) is 8.74. The molecule has 0 fully saturated rings. The Morgan fingerprint density at radius 2 is 2.12 bits per heavy atom. The number of alkyl halides is 1. The van der Waals surface area contributed by atoms with E-state index in [1.807, 2.05) is 18.4 Å². The standard InChI is InChI=1S/C12H13BrFN3/c1-3-17-11(7-13)15-16-12(17)9-6-8(2)4-5-10(9)14/h4-6H,3,7H2,1-2H3. The zero-order valence-corrected chi connectivity index (χ0v) is 11.3. The molecule has 1 aromatic heterocycles. The van der Waals surface area contributed by atoms with Gasteiger partial charge in [0, 0.05) is 6.54 Å². The summed E-state index contributed by atoms with van der Waals surface area (Å²) in [6, 6.07) is 5.01. The molecule has 5 heteroatoms. The molecule has 0 amide bonds. The molecule has 0 bridgehead atoms. The summed E-state index contributed by atoms with van der Waals surface area (Å²) in [5.74, 6) is 1.13. The summed E-state index contributed by atoms with van der Waals surface area (Å²) in [6.07, 6.45) is 0. The molecule has 2 rings (SSSR count). The van der Waals surface area contributed by atoms with E-state index in [-0.39, 0.29) is 5.82 Å². The summed E-state index contributed by atoms with van der Waals surface area (Å²) < 4.78 is 15.7. The Balaban J connectivity index is 2.59. The zero-order valence-electron chi connectivity index (χ0n) is 9.74. The van der Waals surface area contributed by atoms with Crippen LogP contribution in [0.3, 0.4) is 0 Å². The van der Waals surface area contributed by atoms with Crippen molar-refractivity contribution in [2.45, 2.75) is 25.7 Å². The van der Waals surface area contributed by atoms with Gasteiger partial charge in [0.1, 0.15) is 11.6 Å². The second kappa shape index (κ2) is 4.96. The van der Waals surface area contributed by atoms with Gasteiger partial charge in [-0.3, -0.25) is 0 Å². The predicted molar refractivity (Wildman–Crippen MR) is 68.5 cm³/mol. The smallest absolute Gasteiger partial charge is 0.166 e. The summed E-state index contributed by atoms with van der Waals surface area (Å²) in [7, 11) is 0. The van der Waals surface area contributed by atoms with Gasteiger partial charge in [0.2, 0.25) is 0 Å². The molecular formula is C12H13BrFN3. The van der Waals surface area contributed by atoms with Gasteiger partial charge in [0.15, 0.2) is 5.82 Å². The van der Waals surface area contributed by atoms with Crippen LogP contribution in [-0.4, -0.2) is 14.8 Å². The number of nitrogens with zero attached hydrogens (tertiary/aromatic N) is 3. The zero-order chi connectivity index (χ0) is 12.4. The van der Waals surface area contributed by atoms with E-state index in [0.29, 0.717) is 16.7 Å². The van der Waals surface area contributed by atoms with Crippen molar-refractivity contribution in [2.75, 3.05) is 0 Å². The summed E-state index contributed by atoms with van der Waals surface area (Å²) in [6.45, 7) is 4.64. The van der Waals surface area contributed by atoms with Crippen LogP contribution in [0, 0.1) is 12.7 Å². The van der Waals surface area contributed by atoms with E-state index >= 15 is 0 Å². The van der Waals surface area contributed by atoms with Gasteiger partial charge >= 0.3 is 0 Å². The van der Waals surface area contributed by atoms with Crippen LogP contribution in [0.25, 0.3) is 11.4 Å². The quantitative estimate of drug-likeness (QED) is 0.814. The molecule has 2 aromatic rings. The fourth-order valence-corrected chi connectivity index (χ4v) is 2.19. The average Bonchev–Trinajstić information content (AvgIpc) is 2.74. The maximum Gasteiger partial charge on any atom is 0.166 e. The van der Waals surface area contributed by atoms with Crippen LogP contribution in [0.5, 0.6) is 0 Å². The second-order valence-electron chi connectivity index (χ2n) is 3.80. The van der Waals surface area contributed by atoms with E-state index in [2.05, 4.69) is 26.1 Å². The Morgan fingerprint density at radius 1 is 1.35 bits per heavy atom. The maximum absolute atomic E-state index is 13.8. The monoisotopic (exact) mass is 297 g/mol. The second-order valence-corrected chi connectivity index (χ2v) is 4.36. The molecule has 0 aliphatic carbocycles. The molecule has 3 nitrogen and oxygen atoms in total. The molecule has 1 aromatic carbocycles. The van der Waals surface area contributed by atoms with Crippen molar-refractivity contribution in [1.29, 1.82) is 0 Å². The van der Waals surface area contributed by atoms with Crippen LogP contribution in [0.2, 0.25) is 0 Å². The van der Waals surface area contributed by atoms with Crippen LogP contribution in [-0.2, 0) is 11.9 Å². The minimum absolute atomic E-state index is 0.265. The molecule has 0 aliphatic rings. The van der Waals surface area contributed by atoms with Crippen molar-refractivity contribution < 1.29 is 4.39 Å². The van der Waals surface area contributed by atoms with Crippen LogP contribution in [0.1, 0.15) is 18.3 Å². The Hall–Kier alpha value is -1.23. The summed E-state index contributed by atoms with van der Waals surface area (Å²) in [4.78, 5) is 0. The third kappa shape index (κ3) is 2.24. The van der Waals surface area contributed by atoms with Gasteiger partial charge < -0.3 is 4.57 Å². The first-order valence-corrected chi connectivity index (χ1v) is 6.54. The lowest BCUT2D eigenvalue weighted by Crippen LogP contribution is -2.03. The van der Waals surface area contributed by atoms with Crippen LogP contribution >= 0.6 is 15.9 Å². The van der Waals surface area contributed by atoms with Crippen LogP contribution in [0.4, 0.5) is 4.39 Å². The van der Waals surface area contributed by atoms with E-state index in [4.69, 9.17) is 0 Å². The largest absolute Gasteiger partial charge is 0.310 e. The first kappa shape index (κ1) is 12.2. The SMILES string of the molecule is CCn1c(CBr)nnc1-c1cc(C)ccc1F. The van der Waals surface area contributed by atoms with E-state index < -0.39 is 0 Å². The first-order valence-electron chi connectivity index (χ1n) is 5.42. The van der Waals surface area contributed by atoms with Crippen molar-refractivity contribution in [2.24, 2.45) is 0 Å². The molecule has 0 radical (unpaired) electrons. The fourth-order valence-electron chi connectivity index (χ4n) is 1.78. The topological polar surface area (TPSA) is 30.7 Å². The molecule has 90 valence electrons. The van der Waals surface area contributed by atoms with Crippen molar-refractivity contribution in [1.82, 2.24) is 14.8 Å². The summed E-state index contributed by atoms with van der Waals surface area (Å²) in [5.41, 5.74) is 1.51. The number of aryl methyl sites for hydroxylation is 1. The van der Waals surface area contributed by atoms with Crippen molar-refractivity contribution >= 4 is 15.9 Å². The fraction of sp³-hybridized carbons (Fsp3) is 0.333. The van der Waals surface area contributed by atoms with Gasteiger partial charge in [-0.05, 0) is 26.0 Å². The highest BCUT2D eigenvalue weighted by Gasteiger charge is 2.15. The molecule has 0 atom stereocenters. The minimum Gasteiger partial charge on any atom is -0.310 e. The Kier molecular flexibility index (Phi) is 3.57. The lowest BCUT2D eigenvalue weighted by atomic mass is 10.1. The molecular weight excluding hydrogens is 285 g/mol. The molecule has 1 heterocycles. The normalized spacial score (nSPS) is 10.8. The number of rotatable bonds is 3. The highest BCUT2D eigenvalue weighted by molar-refractivity contribution is 9.08. The molecule has 0 N–H and O–H groups in total. The van der Waals surface area contributed by atoms with Crippen molar-refractivity contribution in [3.05, 3.63) is 35.4 Å². The predicted octanol–water partition coefficient (Wildman–Crippen LogP) is 3.31. The van der Waals surface area contributed by atoms with Gasteiger partial charge in [0.25, 0.3) is 0 Å². The molecule has 17 heavy (non-hydrogen) atoms. The lowest BCUT2D eigenvalue weighted by Gasteiger charge is -2.07. The van der Waals surface area contributed by atoms with Gasteiger partial charge in [-0.1, -0.05) is 27.6 Å². The molecule has 0 saturated carbocycles.